The van der Waals surface area contributed by atoms with Crippen LogP contribution >= 0.6 is 0 Å². The third-order valence-corrected chi connectivity index (χ3v) is 8.54. The largest absolute Gasteiger partial charge is 0.384 e. The van der Waals surface area contributed by atoms with Gasteiger partial charge in [-0.3, -0.25) is 9.69 Å². The Kier molecular flexibility index (Phi) is 5.53. The van der Waals surface area contributed by atoms with Crippen LogP contribution in [0.4, 0.5) is 16.0 Å². The molecule has 206 valence electrons. The summed E-state index contributed by atoms with van der Waals surface area (Å²) in [5.41, 5.74) is 3.09. The number of fused-ring (bicyclic) bond motifs is 2. The molecule has 40 heavy (non-hydrogen) atoms. The van der Waals surface area contributed by atoms with Crippen LogP contribution in [0, 0.1) is 0 Å². The van der Waals surface area contributed by atoms with Crippen molar-refractivity contribution in [3.8, 4) is 5.82 Å². The number of pyridine rings is 1. The van der Waals surface area contributed by atoms with Crippen LogP contribution in [0.2, 0.25) is 0 Å². The Labute approximate surface area is 231 Å². The minimum atomic E-state index is -1.30. The van der Waals surface area contributed by atoms with E-state index in [9.17, 15) is 9.90 Å². The van der Waals surface area contributed by atoms with Gasteiger partial charge in [-0.05, 0) is 86.5 Å². The number of hydrogen-bond acceptors (Lipinski definition) is 7. The van der Waals surface area contributed by atoms with Gasteiger partial charge in [0, 0.05) is 25.0 Å². The first-order valence-corrected chi connectivity index (χ1v) is 13.8. The van der Waals surface area contributed by atoms with Crippen molar-refractivity contribution < 1.29 is 9.50 Å². The lowest BCUT2D eigenvalue weighted by Crippen LogP contribution is -2.43. The van der Waals surface area contributed by atoms with Crippen molar-refractivity contribution in [1.29, 1.82) is 0 Å². The van der Waals surface area contributed by atoms with Crippen molar-refractivity contribution in [1.82, 2.24) is 29.2 Å². The third kappa shape index (κ3) is 3.81. The van der Waals surface area contributed by atoms with Gasteiger partial charge in [-0.2, -0.15) is 4.98 Å². The fourth-order valence-electron chi connectivity index (χ4n) is 6.85. The predicted octanol–water partition coefficient (Wildman–Crippen LogP) is 4.01. The number of anilines is 2. The van der Waals surface area contributed by atoms with E-state index < -0.39 is 11.3 Å². The summed E-state index contributed by atoms with van der Waals surface area (Å²) in [6.45, 7) is 6.93. The first kappa shape index (κ1) is 25.1. The molecule has 0 saturated carbocycles. The van der Waals surface area contributed by atoms with Crippen LogP contribution in [0.1, 0.15) is 54.1 Å². The Hall–Kier alpha value is -3.89. The molecule has 0 saturated heterocycles. The van der Waals surface area contributed by atoms with E-state index in [-0.39, 0.29) is 12.1 Å². The van der Waals surface area contributed by atoms with E-state index in [1.807, 2.05) is 36.2 Å². The van der Waals surface area contributed by atoms with Crippen molar-refractivity contribution in [3.63, 3.8) is 0 Å². The molecule has 1 aliphatic heterocycles. The summed E-state index contributed by atoms with van der Waals surface area (Å²) in [5, 5.41) is 14.5. The van der Waals surface area contributed by atoms with E-state index in [1.54, 1.807) is 17.7 Å². The predicted molar refractivity (Wildman–Crippen MR) is 151 cm³/mol. The van der Waals surface area contributed by atoms with Crippen LogP contribution in [0.15, 0.2) is 47.9 Å². The van der Waals surface area contributed by atoms with Gasteiger partial charge in [-0.25, -0.2) is 23.7 Å². The quantitative estimate of drug-likeness (QED) is 0.368. The SMILES string of the molecule is C=CCn1c(=O)c2cnc(Nc3cc4c5c(c3)CN(C)C[C@@]5(F)CCC4)nc2n1-c1ccc2c(n1)[C@@](C)(O)CC2. The maximum absolute atomic E-state index is 15.9. The minimum Gasteiger partial charge on any atom is -0.384 e. The Morgan fingerprint density at radius 2 is 2.00 bits per heavy atom. The average molecular weight is 542 g/mol. The zero-order chi connectivity index (χ0) is 27.8. The molecular formula is C30H32FN7O2. The molecule has 7 rings (SSSR count). The molecule has 0 fully saturated rings. The fourth-order valence-corrected chi connectivity index (χ4v) is 6.85. The van der Waals surface area contributed by atoms with Crippen LogP contribution in [0.3, 0.4) is 0 Å². The van der Waals surface area contributed by atoms with Crippen LogP contribution < -0.4 is 10.9 Å². The second kappa shape index (κ2) is 8.81. The summed E-state index contributed by atoms with van der Waals surface area (Å²) in [6, 6.07) is 7.80. The highest BCUT2D eigenvalue weighted by Gasteiger charge is 2.42. The monoisotopic (exact) mass is 541 g/mol. The molecule has 0 spiro atoms. The van der Waals surface area contributed by atoms with Gasteiger partial charge in [0.15, 0.2) is 11.5 Å². The van der Waals surface area contributed by atoms with Gasteiger partial charge in [0.2, 0.25) is 5.95 Å². The number of aliphatic hydroxyl groups is 1. The summed E-state index contributed by atoms with van der Waals surface area (Å²) in [7, 11) is 1.95. The van der Waals surface area contributed by atoms with Crippen molar-refractivity contribution in [3.05, 3.63) is 81.4 Å². The van der Waals surface area contributed by atoms with Crippen LogP contribution in [0.25, 0.3) is 16.9 Å². The van der Waals surface area contributed by atoms with Crippen molar-refractivity contribution in [2.75, 3.05) is 18.9 Å². The molecule has 0 amide bonds. The second-order valence-electron chi connectivity index (χ2n) is 11.7. The van der Waals surface area contributed by atoms with Gasteiger partial charge >= 0.3 is 0 Å². The van der Waals surface area contributed by atoms with Crippen molar-refractivity contribution >= 4 is 22.7 Å². The summed E-state index contributed by atoms with van der Waals surface area (Å²) >= 11 is 0. The number of halogens is 1. The molecule has 9 nitrogen and oxygen atoms in total. The Morgan fingerprint density at radius 3 is 2.83 bits per heavy atom. The smallest absolute Gasteiger partial charge is 0.278 e. The second-order valence-corrected chi connectivity index (χ2v) is 11.7. The molecule has 1 aromatic carbocycles. The van der Waals surface area contributed by atoms with E-state index in [1.165, 1.54) is 10.9 Å². The zero-order valence-corrected chi connectivity index (χ0v) is 22.7. The first-order valence-electron chi connectivity index (χ1n) is 13.8. The zero-order valence-electron chi connectivity index (χ0n) is 22.7. The maximum atomic E-state index is 15.9. The van der Waals surface area contributed by atoms with Gasteiger partial charge in [0.05, 0.1) is 12.2 Å². The number of allylic oxidation sites excluding steroid dienone is 1. The lowest BCUT2D eigenvalue weighted by molar-refractivity contribution is 0.0553. The number of nitrogens with one attached hydrogen (secondary N) is 1. The molecule has 4 aromatic rings. The highest BCUT2D eigenvalue weighted by Crippen LogP contribution is 2.45. The van der Waals surface area contributed by atoms with Crippen LogP contribution in [0.5, 0.6) is 0 Å². The number of likely N-dealkylation sites (N-methyl/N-ethyl adjacent to an activating group) is 1. The number of hydrogen-bond donors (Lipinski definition) is 2. The van der Waals surface area contributed by atoms with Crippen LogP contribution in [-0.2, 0) is 37.2 Å². The molecule has 4 heterocycles. The Morgan fingerprint density at radius 1 is 1.18 bits per heavy atom. The lowest BCUT2D eigenvalue weighted by Gasteiger charge is -2.41. The van der Waals surface area contributed by atoms with Gasteiger partial charge in [0.25, 0.3) is 5.56 Å². The number of benzene rings is 1. The number of rotatable bonds is 5. The first-order chi connectivity index (χ1) is 19.2. The summed E-state index contributed by atoms with van der Waals surface area (Å²) in [4.78, 5) is 29.4. The summed E-state index contributed by atoms with van der Waals surface area (Å²) in [5.74, 6) is 0.809. The van der Waals surface area contributed by atoms with Crippen LogP contribution in [-0.4, -0.2) is 47.9 Å². The molecule has 10 heteroatoms. The summed E-state index contributed by atoms with van der Waals surface area (Å²) in [6.07, 6.45) is 6.72. The van der Waals surface area contributed by atoms with E-state index in [0.29, 0.717) is 54.4 Å². The fraction of sp³-hybridized carbons (Fsp3) is 0.400. The minimum absolute atomic E-state index is 0.250. The topological polar surface area (TPSA) is 101 Å². The molecule has 3 aromatic heterocycles. The van der Waals surface area contributed by atoms with Gasteiger partial charge < -0.3 is 10.4 Å². The van der Waals surface area contributed by atoms with E-state index >= 15 is 4.39 Å². The van der Waals surface area contributed by atoms with Gasteiger partial charge in [0.1, 0.15) is 16.7 Å². The third-order valence-electron chi connectivity index (χ3n) is 8.54. The highest BCUT2D eigenvalue weighted by molar-refractivity contribution is 5.77. The number of nitrogens with zero attached hydrogens (tertiary/aromatic N) is 6. The molecular weight excluding hydrogens is 509 g/mol. The maximum Gasteiger partial charge on any atom is 0.278 e. The van der Waals surface area contributed by atoms with E-state index in [0.717, 1.165) is 47.2 Å². The molecule has 0 radical (unpaired) electrons. The number of aryl methyl sites for hydroxylation is 2. The van der Waals surface area contributed by atoms with Crippen molar-refractivity contribution in [2.45, 2.75) is 63.4 Å². The Balaban J connectivity index is 1.34. The lowest BCUT2D eigenvalue weighted by atomic mass is 9.75. The molecule has 2 N–H and O–H groups in total. The molecule has 2 atom stereocenters. The van der Waals surface area contributed by atoms with Gasteiger partial charge in [-0.15, -0.1) is 6.58 Å². The molecule has 0 unspecified atom stereocenters. The average Bonchev–Trinajstić information content (AvgIpc) is 3.35. The normalized spacial score (nSPS) is 23.7. The van der Waals surface area contributed by atoms with E-state index in [4.69, 9.17) is 9.97 Å². The summed E-state index contributed by atoms with van der Waals surface area (Å²) < 4.78 is 19.1. The molecule has 3 aliphatic rings. The van der Waals surface area contributed by atoms with E-state index in [2.05, 4.69) is 16.9 Å². The molecule has 0 bridgehead atoms. The highest BCUT2D eigenvalue weighted by atomic mass is 19.1. The standard InChI is InChI=1S/C30H32FN7O2/c1-4-12-37-27(39)22-15-32-28(35-26(22)38(37)23-8-7-18-9-11-29(2,40)25(18)34-23)33-21-13-19-6-5-10-30(31)17-36(3)16-20(14-21)24(19)30/h4,7-8,13-15,40H,1,5-6,9-12,16-17H2,2-3H3,(H,32,33,35)/t29-,30-/m0/s1. The van der Waals surface area contributed by atoms with Crippen molar-refractivity contribution in [2.24, 2.45) is 0 Å². The Bertz CT molecular complexity index is 1760. The van der Waals surface area contributed by atoms with Gasteiger partial charge in [-0.1, -0.05) is 12.1 Å². The number of alkyl halides is 1. The number of aromatic nitrogens is 5. The molecule has 2 aliphatic carbocycles.